The van der Waals surface area contributed by atoms with Crippen molar-refractivity contribution in [3.63, 3.8) is 0 Å². The van der Waals surface area contributed by atoms with E-state index in [9.17, 15) is 4.79 Å². The molecule has 1 heterocycles. The third-order valence-electron chi connectivity index (χ3n) is 3.43. The van der Waals surface area contributed by atoms with E-state index in [0.29, 0.717) is 18.8 Å². The molecule has 1 unspecified atom stereocenters. The Morgan fingerprint density at radius 1 is 1.35 bits per heavy atom. The Balaban J connectivity index is 2.27. The Hall–Kier alpha value is -2.24. The fraction of sp³-hybridized carbons (Fsp3) is 0.429. The number of benzene rings is 1. The number of aliphatic carboxylic acids is 1. The van der Waals surface area contributed by atoms with Crippen LogP contribution in [0.3, 0.4) is 0 Å². The third kappa shape index (κ3) is 2.84. The minimum absolute atomic E-state index is 0.412. The molecule has 0 bridgehead atoms. The largest absolute Gasteiger partial charge is 0.481 e. The van der Waals surface area contributed by atoms with Crippen molar-refractivity contribution >= 4 is 5.97 Å². The molecule has 0 amide bonds. The molecule has 1 aromatic carbocycles. The highest BCUT2D eigenvalue weighted by Gasteiger charge is 2.16. The van der Waals surface area contributed by atoms with E-state index >= 15 is 0 Å². The lowest BCUT2D eigenvalue weighted by Crippen LogP contribution is -2.14. The van der Waals surface area contributed by atoms with Crippen molar-refractivity contribution in [3.8, 4) is 11.4 Å². The topological polar surface area (TPSA) is 80.9 Å². The second-order valence-electron chi connectivity index (χ2n) is 5.02. The summed E-state index contributed by atoms with van der Waals surface area (Å²) in [6, 6.07) is 6.03. The second kappa shape index (κ2) is 5.81. The fourth-order valence-corrected chi connectivity index (χ4v) is 2.14. The number of aromatic nitrogens is 4. The molecule has 6 nitrogen and oxygen atoms in total. The van der Waals surface area contributed by atoms with Crippen LogP contribution in [0.4, 0.5) is 0 Å². The number of carboxylic acid groups (broad SMARTS) is 1. The molecule has 0 aliphatic carbocycles. The van der Waals surface area contributed by atoms with Crippen molar-refractivity contribution in [3.05, 3.63) is 29.3 Å². The van der Waals surface area contributed by atoms with Crippen LogP contribution in [0.25, 0.3) is 11.4 Å². The number of aryl methyl sites for hydroxylation is 3. The molecule has 0 saturated carbocycles. The first-order valence-corrected chi connectivity index (χ1v) is 6.56. The van der Waals surface area contributed by atoms with Crippen LogP contribution >= 0.6 is 0 Å². The van der Waals surface area contributed by atoms with Crippen molar-refractivity contribution in [1.82, 2.24) is 20.2 Å². The van der Waals surface area contributed by atoms with Gasteiger partial charge in [-0.25, -0.2) is 4.68 Å². The molecule has 1 atom stereocenters. The SMILES string of the molecule is Cc1cccc(C)c1-c1nnnn1CCC(C)C(=O)O. The lowest BCUT2D eigenvalue weighted by molar-refractivity contribution is -0.141. The van der Waals surface area contributed by atoms with Crippen LogP contribution < -0.4 is 0 Å². The summed E-state index contributed by atoms with van der Waals surface area (Å²) in [5.74, 6) is -0.519. The molecule has 2 aromatic rings. The van der Waals surface area contributed by atoms with Gasteiger partial charge in [0.1, 0.15) is 0 Å². The summed E-state index contributed by atoms with van der Waals surface area (Å²) < 4.78 is 1.68. The molecule has 106 valence electrons. The van der Waals surface area contributed by atoms with E-state index in [1.54, 1.807) is 11.6 Å². The van der Waals surface area contributed by atoms with Crippen molar-refractivity contribution in [1.29, 1.82) is 0 Å². The van der Waals surface area contributed by atoms with Gasteiger partial charge >= 0.3 is 5.97 Å². The molecule has 0 radical (unpaired) electrons. The molecule has 6 heteroatoms. The van der Waals surface area contributed by atoms with Crippen molar-refractivity contribution in [2.45, 2.75) is 33.7 Å². The molecule has 0 aliphatic heterocycles. The molecular weight excluding hydrogens is 256 g/mol. The quantitative estimate of drug-likeness (QED) is 0.902. The normalized spacial score (nSPS) is 12.3. The summed E-state index contributed by atoms with van der Waals surface area (Å²) in [5, 5.41) is 20.7. The predicted octanol–water partition coefficient (Wildman–Crippen LogP) is 2.07. The van der Waals surface area contributed by atoms with Gasteiger partial charge < -0.3 is 5.11 Å². The van der Waals surface area contributed by atoms with Gasteiger partial charge in [0, 0.05) is 12.1 Å². The highest BCUT2D eigenvalue weighted by Crippen LogP contribution is 2.24. The Bertz CT molecular complexity index is 601. The van der Waals surface area contributed by atoms with Crippen LogP contribution in [0.5, 0.6) is 0 Å². The highest BCUT2D eigenvalue weighted by atomic mass is 16.4. The number of nitrogens with zero attached hydrogens (tertiary/aromatic N) is 4. The van der Waals surface area contributed by atoms with Crippen LogP contribution in [0.15, 0.2) is 18.2 Å². The number of carbonyl (C=O) groups is 1. The van der Waals surface area contributed by atoms with Gasteiger partial charge in [-0.15, -0.1) is 5.10 Å². The Kier molecular flexibility index (Phi) is 4.12. The van der Waals surface area contributed by atoms with E-state index < -0.39 is 11.9 Å². The van der Waals surface area contributed by atoms with Gasteiger partial charge in [0.2, 0.25) is 0 Å². The van der Waals surface area contributed by atoms with E-state index in [-0.39, 0.29) is 0 Å². The second-order valence-corrected chi connectivity index (χ2v) is 5.02. The number of hydrogen-bond acceptors (Lipinski definition) is 4. The zero-order valence-electron chi connectivity index (χ0n) is 11.9. The highest BCUT2D eigenvalue weighted by molar-refractivity contribution is 5.69. The first kappa shape index (κ1) is 14.2. The fourth-order valence-electron chi connectivity index (χ4n) is 2.14. The summed E-state index contributed by atoms with van der Waals surface area (Å²) >= 11 is 0. The summed E-state index contributed by atoms with van der Waals surface area (Å²) in [7, 11) is 0. The molecule has 0 aliphatic rings. The van der Waals surface area contributed by atoms with Gasteiger partial charge in [-0.2, -0.15) is 0 Å². The molecule has 0 fully saturated rings. The maximum atomic E-state index is 10.9. The van der Waals surface area contributed by atoms with Crippen LogP contribution in [0.2, 0.25) is 0 Å². The van der Waals surface area contributed by atoms with Crippen LogP contribution in [0, 0.1) is 19.8 Å². The number of hydrogen-bond donors (Lipinski definition) is 1. The van der Waals surface area contributed by atoms with E-state index in [0.717, 1.165) is 16.7 Å². The summed E-state index contributed by atoms with van der Waals surface area (Å²) in [4.78, 5) is 10.9. The van der Waals surface area contributed by atoms with E-state index in [1.165, 1.54) is 0 Å². The maximum Gasteiger partial charge on any atom is 0.306 e. The number of tetrazole rings is 1. The van der Waals surface area contributed by atoms with Crippen LogP contribution in [0.1, 0.15) is 24.5 Å². The van der Waals surface area contributed by atoms with Gasteiger partial charge in [-0.1, -0.05) is 25.1 Å². The van der Waals surface area contributed by atoms with Gasteiger partial charge in [0.05, 0.1) is 5.92 Å². The predicted molar refractivity (Wildman–Crippen MR) is 74.1 cm³/mol. The zero-order valence-corrected chi connectivity index (χ0v) is 11.9. The van der Waals surface area contributed by atoms with E-state index in [1.807, 2.05) is 32.0 Å². The molecule has 0 saturated heterocycles. The number of rotatable bonds is 5. The van der Waals surface area contributed by atoms with Gasteiger partial charge in [-0.3, -0.25) is 4.79 Å². The van der Waals surface area contributed by atoms with Crippen molar-refractivity contribution in [2.75, 3.05) is 0 Å². The van der Waals surface area contributed by atoms with Crippen LogP contribution in [-0.2, 0) is 11.3 Å². The average Bonchev–Trinajstić information content (AvgIpc) is 2.84. The Labute approximate surface area is 117 Å². The van der Waals surface area contributed by atoms with Crippen molar-refractivity contribution in [2.24, 2.45) is 5.92 Å². The summed E-state index contributed by atoms with van der Waals surface area (Å²) in [6.45, 7) is 6.21. The summed E-state index contributed by atoms with van der Waals surface area (Å²) in [5.41, 5.74) is 3.22. The van der Waals surface area contributed by atoms with Crippen LogP contribution in [-0.4, -0.2) is 31.3 Å². The third-order valence-corrected chi connectivity index (χ3v) is 3.43. The summed E-state index contributed by atoms with van der Waals surface area (Å²) in [6.07, 6.45) is 0.498. The monoisotopic (exact) mass is 274 g/mol. The van der Waals surface area contributed by atoms with Crippen molar-refractivity contribution < 1.29 is 9.90 Å². The molecule has 1 N–H and O–H groups in total. The lowest BCUT2D eigenvalue weighted by Gasteiger charge is -2.11. The molecule has 0 spiro atoms. The van der Waals surface area contributed by atoms with Gasteiger partial charge in [0.15, 0.2) is 5.82 Å². The minimum Gasteiger partial charge on any atom is -0.481 e. The maximum absolute atomic E-state index is 10.9. The smallest absolute Gasteiger partial charge is 0.306 e. The molecule has 2 rings (SSSR count). The van der Waals surface area contributed by atoms with E-state index in [2.05, 4.69) is 15.5 Å². The van der Waals surface area contributed by atoms with Gasteiger partial charge in [0.25, 0.3) is 0 Å². The average molecular weight is 274 g/mol. The Morgan fingerprint density at radius 2 is 2.00 bits per heavy atom. The number of carboxylic acids is 1. The van der Waals surface area contributed by atoms with E-state index in [4.69, 9.17) is 5.11 Å². The van der Waals surface area contributed by atoms with Gasteiger partial charge in [-0.05, 0) is 41.8 Å². The minimum atomic E-state index is -0.799. The molecule has 20 heavy (non-hydrogen) atoms. The first-order chi connectivity index (χ1) is 9.50. The standard InChI is InChI=1S/C14H18N4O2/c1-9-5-4-6-10(2)12(9)13-15-16-17-18(13)8-7-11(3)14(19)20/h4-6,11H,7-8H2,1-3H3,(H,19,20). The molecule has 1 aromatic heterocycles. The molecular formula is C14H18N4O2. The Morgan fingerprint density at radius 3 is 2.60 bits per heavy atom. The first-order valence-electron chi connectivity index (χ1n) is 6.56. The lowest BCUT2D eigenvalue weighted by atomic mass is 10.0. The zero-order chi connectivity index (χ0) is 14.7.